The Hall–Kier alpha value is -3.84. The van der Waals surface area contributed by atoms with Gasteiger partial charge in [-0.25, -0.2) is 4.98 Å². The molecule has 4 rings (SSSR count). The van der Waals surface area contributed by atoms with Gasteiger partial charge in [0.2, 0.25) is 5.91 Å². The average molecular weight is 519 g/mol. The van der Waals surface area contributed by atoms with Crippen LogP contribution in [0.5, 0.6) is 5.75 Å². The molecule has 0 aliphatic carbocycles. The molecular weight excluding hydrogens is 488 g/mol. The van der Waals surface area contributed by atoms with E-state index in [2.05, 4.69) is 5.32 Å². The zero-order valence-electron chi connectivity index (χ0n) is 21.1. The summed E-state index contributed by atoms with van der Waals surface area (Å²) >= 11 is 5.88. The molecule has 0 bridgehead atoms. The van der Waals surface area contributed by atoms with E-state index >= 15 is 0 Å². The molecule has 1 N–H and O–H groups in total. The molecule has 0 aliphatic heterocycles. The van der Waals surface area contributed by atoms with Gasteiger partial charge in [-0.05, 0) is 55.8 Å². The smallest absolute Gasteiger partial charge is 0.257 e. The minimum absolute atomic E-state index is 0.0173. The van der Waals surface area contributed by atoms with Gasteiger partial charge in [-0.3, -0.25) is 9.59 Å². The molecule has 0 spiro atoms. The van der Waals surface area contributed by atoms with Gasteiger partial charge in [-0.2, -0.15) is 0 Å². The number of hydrogen-bond acceptors (Lipinski definition) is 4. The van der Waals surface area contributed by atoms with Crippen molar-refractivity contribution >= 4 is 34.4 Å². The fraction of sp³-hybridized carbons (Fsp3) is 0.276. The van der Waals surface area contributed by atoms with Crippen molar-refractivity contribution in [2.45, 2.75) is 39.4 Å². The number of carbonyl (C=O) groups is 2. The second kappa shape index (κ2) is 12.4. The topological polar surface area (TPSA) is 76.5 Å². The number of carbonyl (C=O) groups excluding carboxylic acids is 2. The zero-order chi connectivity index (χ0) is 26.2. The molecule has 8 heteroatoms. The summed E-state index contributed by atoms with van der Waals surface area (Å²) in [5, 5.41) is 3.48. The lowest BCUT2D eigenvalue weighted by Gasteiger charge is -2.27. The number of hydrogen-bond donors (Lipinski definition) is 1. The Morgan fingerprint density at radius 2 is 1.70 bits per heavy atom. The maximum absolute atomic E-state index is 13.5. The summed E-state index contributed by atoms with van der Waals surface area (Å²) in [5.74, 6) is 1.10. The highest BCUT2D eigenvalue weighted by atomic mass is 35.5. The Labute approximate surface area is 222 Å². The third kappa shape index (κ3) is 7.11. The van der Waals surface area contributed by atoms with E-state index in [0.29, 0.717) is 30.3 Å². The van der Waals surface area contributed by atoms with Crippen LogP contribution in [0.1, 0.15) is 25.2 Å². The Morgan fingerprint density at radius 1 is 1.00 bits per heavy atom. The van der Waals surface area contributed by atoms with Gasteiger partial charge in [-0.1, -0.05) is 54.1 Å². The molecule has 0 atom stereocenters. The number of amides is 2. The van der Waals surface area contributed by atoms with Gasteiger partial charge < -0.3 is 19.5 Å². The number of halogens is 1. The highest BCUT2D eigenvalue weighted by Gasteiger charge is 2.21. The molecule has 2 amide bonds. The molecule has 0 fully saturated rings. The van der Waals surface area contributed by atoms with Crippen LogP contribution < -0.4 is 10.1 Å². The maximum Gasteiger partial charge on any atom is 0.257 e. The number of nitrogens with one attached hydrogen (secondary N) is 1. The van der Waals surface area contributed by atoms with Crippen molar-refractivity contribution in [2.24, 2.45) is 0 Å². The number of benzene rings is 3. The first-order valence-corrected chi connectivity index (χ1v) is 12.7. The third-order valence-electron chi connectivity index (χ3n) is 6.02. The first-order valence-electron chi connectivity index (χ1n) is 12.3. The van der Waals surface area contributed by atoms with Crippen LogP contribution in [0.4, 0.5) is 0 Å². The largest absolute Gasteiger partial charge is 0.484 e. The molecule has 0 aliphatic rings. The molecule has 7 nitrogen and oxygen atoms in total. The van der Waals surface area contributed by atoms with Crippen molar-refractivity contribution in [3.05, 3.63) is 95.3 Å². The summed E-state index contributed by atoms with van der Waals surface area (Å²) in [5.41, 5.74) is 2.80. The van der Waals surface area contributed by atoms with E-state index in [0.717, 1.165) is 22.4 Å². The molecule has 0 saturated carbocycles. The third-order valence-corrected chi connectivity index (χ3v) is 6.27. The molecule has 0 unspecified atom stereocenters. The minimum atomic E-state index is -0.234. The lowest BCUT2D eigenvalue weighted by atomic mass is 10.2. The molecule has 37 heavy (non-hydrogen) atoms. The van der Waals surface area contributed by atoms with Crippen LogP contribution in [0.3, 0.4) is 0 Å². The van der Waals surface area contributed by atoms with Crippen LogP contribution in [-0.2, 0) is 29.1 Å². The lowest BCUT2D eigenvalue weighted by Crippen LogP contribution is -2.39. The monoisotopic (exact) mass is 518 g/mol. The molecule has 0 radical (unpaired) electrons. The fourth-order valence-electron chi connectivity index (χ4n) is 4.10. The highest BCUT2D eigenvalue weighted by Crippen LogP contribution is 2.18. The van der Waals surface area contributed by atoms with Crippen LogP contribution in [0, 0.1) is 0 Å². The molecule has 192 valence electrons. The van der Waals surface area contributed by atoms with E-state index in [-0.39, 0.29) is 31.0 Å². The average Bonchev–Trinajstić information content (AvgIpc) is 3.24. The van der Waals surface area contributed by atoms with E-state index in [4.69, 9.17) is 21.3 Å². The first-order chi connectivity index (χ1) is 17.9. The molecule has 4 aromatic rings. The van der Waals surface area contributed by atoms with Crippen molar-refractivity contribution in [1.29, 1.82) is 0 Å². The molecule has 1 aromatic heterocycles. The Balaban J connectivity index is 1.41. The van der Waals surface area contributed by atoms with E-state index in [1.807, 2.05) is 77.9 Å². The number of fused-ring (bicyclic) bond motifs is 1. The predicted molar refractivity (Wildman–Crippen MR) is 146 cm³/mol. The SMILES string of the molecule is CC(C)N(Cc1ccccc1)C(=O)Cn1c(CCNC(=O)COc2ccc(Cl)cc2)nc2ccccc21. The van der Waals surface area contributed by atoms with Gasteiger partial charge in [0, 0.05) is 30.6 Å². The highest BCUT2D eigenvalue weighted by molar-refractivity contribution is 6.30. The van der Waals surface area contributed by atoms with Gasteiger partial charge in [0.15, 0.2) is 6.61 Å². The summed E-state index contributed by atoms with van der Waals surface area (Å²) in [7, 11) is 0. The van der Waals surface area contributed by atoms with Crippen molar-refractivity contribution < 1.29 is 14.3 Å². The summed E-state index contributed by atoms with van der Waals surface area (Å²) in [4.78, 5) is 32.4. The summed E-state index contributed by atoms with van der Waals surface area (Å²) in [6.07, 6.45) is 0.481. The van der Waals surface area contributed by atoms with E-state index in [1.165, 1.54) is 0 Å². The summed E-state index contributed by atoms with van der Waals surface area (Å²) in [6.45, 7) is 5.04. The zero-order valence-corrected chi connectivity index (χ0v) is 21.8. The van der Waals surface area contributed by atoms with Crippen molar-refractivity contribution in [2.75, 3.05) is 13.2 Å². The van der Waals surface area contributed by atoms with Crippen LogP contribution in [0.2, 0.25) is 5.02 Å². The quantitative estimate of drug-likeness (QED) is 0.307. The lowest BCUT2D eigenvalue weighted by molar-refractivity contribution is -0.134. The molecule has 1 heterocycles. The molecule has 3 aromatic carbocycles. The van der Waals surface area contributed by atoms with E-state index in [1.54, 1.807) is 24.3 Å². The summed E-state index contributed by atoms with van der Waals surface area (Å²) in [6, 6.07) is 24.7. The van der Waals surface area contributed by atoms with Gasteiger partial charge in [0.1, 0.15) is 18.1 Å². The van der Waals surface area contributed by atoms with E-state index < -0.39 is 0 Å². The predicted octanol–water partition coefficient (Wildman–Crippen LogP) is 4.86. The number of rotatable bonds is 11. The Bertz CT molecular complexity index is 1340. The number of nitrogens with zero attached hydrogens (tertiary/aromatic N) is 3. The number of ether oxygens (including phenoxy) is 1. The molecular formula is C29H31ClN4O3. The second-order valence-electron chi connectivity index (χ2n) is 9.05. The van der Waals surface area contributed by atoms with E-state index in [9.17, 15) is 9.59 Å². The van der Waals surface area contributed by atoms with Gasteiger partial charge in [0.05, 0.1) is 11.0 Å². The van der Waals surface area contributed by atoms with Crippen molar-refractivity contribution in [3.8, 4) is 5.75 Å². The number of para-hydroxylation sites is 2. The van der Waals surface area contributed by atoms with Crippen LogP contribution >= 0.6 is 11.6 Å². The maximum atomic E-state index is 13.5. The van der Waals surface area contributed by atoms with Crippen LogP contribution in [0.25, 0.3) is 11.0 Å². The number of imidazole rings is 1. The first kappa shape index (κ1) is 26.2. The van der Waals surface area contributed by atoms with Crippen molar-refractivity contribution in [3.63, 3.8) is 0 Å². The second-order valence-corrected chi connectivity index (χ2v) is 9.48. The van der Waals surface area contributed by atoms with Crippen LogP contribution in [0.15, 0.2) is 78.9 Å². The summed E-state index contributed by atoms with van der Waals surface area (Å²) < 4.78 is 7.46. The van der Waals surface area contributed by atoms with Gasteiger partial charge in [-0.15, -0.1) is 0 Å². The molecule has 0 saturated heterocycles. The van der Waals surface area contributed by atoms with Crippen molar-refractivity contribution in [1.82, 2.24) is 19.8 Å². The van der Waals surface area contributed by atoms with Crippen LogP contribution in [-0.4, -0.2) is 45.5 Å². The Kier molecular flexibility index (Phi) is 8.80. The van der Waals surface area contributed by atoms with Gasteiger partial charge >= 0.3 is 0 Å². The Morgan fingerprint density at radius 3 is 2.43 bits per heavy atom. The minimum Gasteiger partial charge on any atom is -0.484 e. The number of aromatic nitrogens is 2. The standard InChI is InChI=1S/C29H31ClN4O3/c1-21(2)33(18-22-8-4-3-5-9-22)29(36)19-34-26-11-7-6-10-25(26)32-27(34)16-17-31-28(35)20-37-24-14-12-23(30)13-15-24/h3-15,21H,16-20H2,1-2H3,(H,31,35). The fourth-order valence-corrected chi connectivity index (χ4v) is 4.23. The van der Waals surface area contributed by atoms with Gasteiger partial charge in [0.25, 0.3) is 5.91 Å². The normalized spacial score (nSPS) is 11.0.